The first-order chi connectivity index (χ1) is 16.3. The summed E-state index contributed by atoms with van der Waals surface area (Å²) < 4.78 is 1.79. The molecule has 2 aromatic heterocycles. The van der Waals surface area contributed by atoms with Gasteiger partial charge in [-0.25, -0.2) is 4.98 Å². The van der Waals surface area contributed by atoms with E-state index in [0.29, 0.717) is 33.7 Å². The average Bonchev–Trinajstić information content (AvgIpc) is 3.08. The van der Waals surface area contributed by atoms with Crippen molar-refractivity contribution in [3.63, 3.8) is 0 Å². The standard InChI is InChI=1S/C24H22N4O4S2/c1-26(15-16-8-3-2-4-9-16)21-17(22(31)27-12-6-5-10-19(27)25-21)14-18-23(32)28(24(33)34-18)13-7-11-20(29)30/h2-6,8-10,12,14H,7,11,13,15H2,1H3,(H,29,30). The van der Waals surface area contributed by atoms with Gasteiger partial charge in [-0.05, 0) is 30.2 Å². The normalized spacial score (nSPS) is 14.9. The van der Waals surface area contributed by atoms with Gasteiger partial charge in [-0.3, -0.25) is 23.7 Å². The topological polar surface area (TPSA) is 95.2 Å². The number of aromatic nitrogens is 2. The van der Waals surface area contributed by atoms with Crippen molar-refractivity contribution in [1.29, 1.82) is 0 Å². The molecule has 0 aliphatic carbocycles. The van der Waals surface area contributed by atoms with E-state index in [1.165, 1.54) is 9.30 Å². The second-order valence-electron chi connectivity index (χ2n) is 7.76. The van der Waals surface area contributed by atoms with Crippen LogP contribution >= 0.6 is 24.0 Å². The Bertz CT molecular complexity index is 1350. The van der Waals surface area contributed by atoms with Crippen LogP contribution in [0.2, 0.25) is 0 Å². The maximum absolute atomic E-state index is 13.4. The van der Waals surface area contributed by atoms with E-state index in [0.717, 1.165) is 17.3 Å². The summed E-state index contributed by atoms with van der Waals surface area (Å²) in [5, 5.41) is 8.87. The van der Waals surface area contributed by atoms with Gasteiger partial charge in [-0.1, -0.05) is 60.4 Å². The summed E-state index contributed by atoms with van der Waals surface area (Å²) in [6.45, 7) is 0.733. The van der Waals surface area contributed by atoms with Crippen molar-refractivity contribution in [1.82, 2.24) is 14.3 Å². The number of carboxylic acids is 1. The van der Waals surface area contributed by atoms with Crippen LogP contribution < -0.4 is 10.5 Å². The van der Waals surface area contributed by atoms with Crippen LogP contribution in [-0.4, -0.2) is 49.2 Å². The molecule has 0 saturated carbocycles. The molecule has 1 saturated heterocycles. The molecule has 0 radical (unpaired) electrons. The van der Waals surface area contributed by atoms with Gasteiger partial charge in [0.1, 0.15) is 15.8 Å². The lowest BCUT2D eigenvalue weighted by atomic mass is 10.2. The second-order valence-corrected chi connectivity index (χ2v) is 9.43. The number of carbonyl (C=O) groups excluding carboxylic acids is 1. The molecule has 8 nitrogen and oxygen atoms in total. The summed E-state index contributed by atoms with van der Waals surface area (Å²) in [5.74, 6) is -0.812. The molecule has 3 aromatic rings. The SMILES string of the molecule is CN(Cc1ccccc1)c1nc2ccccn2c(=O)c1C=C1SC(=S)N(CCCC(=O)O)C1=O. The Morgan fingerprint density at radius 1 is 1.18 bits per heavy atom. The summed E-state index contributed by atoms with van der Waals surface area (Å²) in [7, 11) is 1.85. The number of aliphatic carboxylic acids is 1. The maximum atomic E-state index is 13.4. The van der Waals surface area contributed by atoms with Crippen LogP contribution in [-0.2, 0) is 16.1 Å². The third-order valence-electron chi connectivity index (χ3n) is 5.29. The number of pyridine rings is 1. The first-order valence-electron chi connectivity index (χ1n) is 10.6. The van der Waals surface area contributed by atoms with Crippen LogP contribution in [0.4, 0.5) is 5.82 Å². The van der Waals surface area contributed by atoms with Crippen molar-refractivity contribution in [3.05, 3.63) is 81.1 Å². The van der Waals surface area contributed by atoms with Crippen molar-refractivity contribution in [2.75, 3.05) is 18.5 Å². The molecule has 1 amide bonds. The molecule has 0 unspecified atom stereocenters. The van der Waals surface area contributed by atoms with Crippen LogP contribution in [0.25, 0.3) is 11.7 Å². The lowest BCUT2D eigenvalue weighted by molar-refractivity contribution is -0.137. The van der Waals surface area contributed by atoms with Gasteiger partial charge < -0.3 is 10.0 Å². The number of benzene rings is 1. The van der Waals surface area contributed by atoms with E-state index < -0.39 is 5.97 Å². The number of thiocarbonyl (C=S) groups is 1. The lowest BCUT2D eigenvalue weighted by Crippen LogP contribution is -2.29. The number of fused-ring (bicyclic) bond motifs is 1. The Morgan fingerprint density at radius 2 is 1.91 bits per heavy atom. The lowest BCUT2D eigenvalue weighted by Gasteiger charge is -2.21. The number of nitrogens with zero attached hydrogens (tertiary/aromatic N) is 4. The van der Waals surface area contributed by atoms with Gasteiger partial charge >= 0.3 is 5.97 Å². The molecule has 0 bridgehead atoms. The molecule has 10 heteroatoms. The average molecular weight is 495 g/mol. The number of carbonyl (C=O) groups is 2. The molecule has 1 aromatic carbocycles. The Balaban J connectivity index is 1.73. The van der Waals surface area contributed by atoms with Crippen LogP contribution in [0.1, 0.15) is 24.0 Å². The first kappa shape index (κ1) is 23.7. The number of thioether (sulfide) groups is 1. The third kappa shape index (κ3) is 5.02. The minimum Gasteiger partial charge on any atom is -0.481 e. The molecular formula is C24H22N4O4S2. The second kappa shape index (κ2) is 10.2. The fourth-order valence-electron chi connectivity index (χ4n) is 3.65. The minimum atomic E-state index is -0.928. The van der Waals surface area contributed by atoms with E-state index in [2.05, 4.69) is 0 Å². The highest BCUT2D eigenvalue weighted by Crippen LogP contribution is 2.33. The summed E-state index contributed by atoms with van der Waals surface area (Å²) in [4.78, 5) is 45.5. The highest BCUT2D eigenvalue weighted by atomic mass is 32.2. The number of hydrogen-bond acceptors (Lipinski definition) is 7. The molecule has 0 spiro atoms. The van der Waals surface area contributed by atoms with Crippen LogP contribution in [0, 0.1) is 0 Å². The van der Waals surface area contributed by atoms with E-state index >= 15 is 0 Å². The van der Waals surface area contributed by atoms with Crippen molar-refractivity contribution < 1.29 is 14.7 Å². The molecule has 1 N–H and O–H groups in total. The van der Waals surface area contributed by atoms with Crippen molar-refractivity contribution in [2.24, 2.45) is 0 Å². The van der Waals surface area contributed by atoms with Gasteiger partial charge in [0.15, 0.2) is 0 Å². The summed E-state index contributed by atoms with van der Waals surface area (Å²) in [5.41, 5.74) is 1.54. The summed E-state index contributed by atoms with van der Waals surface area (Å²) >= 11 is 6.44. The predicted octanol–water partition coefficient (Wildman–Crippen LogP) is 3.40. The molecule has 174 valence electrons. The van der Waals surface area contributed by atoms with Crippen molar-refractivity contribution in [3.8, 4) is 0 Å². The van der Waals surface area contributed by atoms with Gasteiger partial charge in [0.25, 0.3) is 11.5 Å². The van der Waals surface area contributed by atoms with Gasteiger partial charge in [-0.2, -0.15) is 0 Å². The quantitative estimate of drug-likeness (QED) is 0.376. The summed E-state index contributed by atoms with van der Waals surface area (Å²) in [6, 6.07) is 15.1. The monoisotopic (exact) mass is 494 g/mol. The van der Waals surface area contributed by atoms with E-state index in [1.807, 2.05) is 48.3 Å². The third-order valence-corrected chi connectivity index (χ3v) is 6.67. The van der Waals surface area contributed by atoms with E-state index in [-0.39, 0.29) is 30.0 Å². The fraction of sp³-hybridized carbons (Fsp3) is 0.208. The summed E-state index contributed by atoms with van der Waals surface area (Å²) in [6.07, 6.45) is 3.42. The zero-order chi connectivity index (χ0) is 24.2. The molecule has 3 heterocycles. The maximum Gasteiger partial charge on any atom is 0.303 e. The van der Waals surface area contributed by atoms with Gasteiger partial charge in [0, 0.05) is 32.8 Å². The number of anilines is 1. The number of hydrogen-bond donors (Lipinski definition) is 1. The highest BCUT2D eigenvalue weighted by Gasteiger charge is 2.32. The number of rotatable bonds is 8. The minimum absolute atomic E-state index is 0.0551. The largest absolute Gasteiger partial charge is 0.481 e. The fourth-order valence-corrected chi connectivity index (χ4v) is 4.94. The smallest absolute Gasteiger partial charge is 0.303 e. The van der Waals surface area contributed by atoms with Crippen LogP contribution in [0.15, 0.2) is 64.4 Å². The molecular weight excluding hydrogens is 472 g/mol. The van der Waals surface area contributed by atoms with Gasteiger partial charge in [0.2, 0.25) is 0 Å². The molecule has 34 heavy (non-hydrogen) atoms. The molecule has 1 aliphatic heterocycles. The van der Waals surface area contributed by atoms with E-state index in [1.54, 1.807) is 24.4 Å². The molecule has 1 fully saturated rings. The highest BCUT2D eigenvalue weighted by molar-refractivity contribution is 8.26. The van der Waals surface area contributed by atoms with E-state index in [9.17, 15) is 14.4 Å². The Morgan fingerprint density at radius 3 is 2.65 bits per heavy atom. The zero-order valence-corrected chi connectivity index (χ0v) is 20.0. The van der Waals surface area contributed by atoms with Gasteiger partial charge in [-0.15, -0.1) is 0 Å². The van der Waals surface area contributed by atoms with Crippen LogP contribution in [0.5, 0.6) is 0 Å². The molecule has 4 rings (SSSR count). The van der Waals surface area contributed by atoms with Crippen molar-refractivity contribution >= 4 is 57.7 Å². The van der Waals surface area contributed by atoms with E-state index in [4.69, 9.17) is 22.3 Å². The van der Waals surface area contributed by atoms with Crippen molar-refractivity contribution in [2.45, 2.75) is 19.4 Å². The molecule has 0 atom stereocenters. The number of amides is 1. The Hall–Kier alpha value is -3.50. The Kier molecular flexibility index (Phi) is 7.09. The van der Waals surface area contributed by atoms with Crippen LogP contribution in [0.3, 0.4) is 0 Å². The predicted molar refractivity (Wildman–Crippen MR) is 137 cm³/mol. The molecule has 1 aliphatic rings. The zero-order valence-electron chi connectivity index (χ0n) is 18.4. The first-order valence-corrected chi connectivity index (χ1v) is 11.8. The number of carboxylic acid groups (broad SMARTS) is 1. The Labute approximate surface area is 205 Å². The van der Waals surface area contributed by atoms with Gasteiger partial charge in [0.05, 0.1) is 10.5 Å².